The molecule has 0 saturated carbocycles. The van der Waals surface area contributed by atoms with Crippen LogP contribution >= 0.6 is 0 Å². The van der Waals surface area contributed by atoms with Crippen LogP contribution in [0.4, 0.5) is 10.1 Å². The lowest BCUT2D eigenvalue weighted by molar-refractivity contribution is 0.413. The lowest BCUT2D eigenvalue weighted by Crippen LogP contribution is -2.04. The highest BCUT2D eigenvalue weighted by Gasteiger charge is 2.06. The Morgan fingerprint density at radius 1 is 1.50 bits per heavy atom. The Morgan fingerprint density at radius 2 is 2.17 bits per heavy atom. The molecule has 1 aromatic rings. The first kappa shape index (κ1) is 8.80. The van der Waals surface area contributed by atoms with Crippen LogP contribution in [0.5, 0.6) is 5.75 Å². The van der Waals surface area contributed by atoms with Gasteiger partial charge in [0.2, 0.25) is 0 Å². The summed E-state index contributed by atoms with van der Waals surface area (Å²) < 4.78 is 17.6. The molecule has 3 nitrogen and oxygen atoms in total. The van der Waals surface area contributed by atoms with Crippen molar-refractivity contribution in [1.82, 2.24) is 0 Å². The predicted octanol–water partition coefficient (Wildman–Crippen LogP) is 0.875. The van der Waals surface area contributed by atoms with Gasteiger partial charge in [0.1, 0.15) is 11.6 Å². The average Bonchev–Trinajstić information content (AvgIpc) is 2.08. The zero-order valence-electron chi connectivity index (χ0n) is 6.80. The van der Waals surface area contributed by atoms with Crippen LogP contribution in [0, 0.1) is 5.82 Å². The molecule has 1 aromatic carbocycles. The minimum absolute atomic E-state index is 0.208. The van der Waals surface area contributed by atoms with Crippen LogP contribution in [0.15, 0.2) is 12.1 Å². The van der Waals surface area contributed by atoms with Gasteiger partial charge < -0.3 is 16.2 Å². The molecule has 0 aliphatic heterocycles. The molecule has 0 atom stereocenters. The molecule has 4 heteroatoms. The lowest BCUT2D eigenvalue weighted by Gasteiger charge is -2.08. The van der Waals surface area contributed by atoms with Crippen molar-refractivity contribution in [1.29, 1.82) is 0 Å². The number of anilines is 1. The second-order valence-electron chi connectivity index (χ2n) is 2.38. The summed E-state index contributed by atoms with van der Waals surface area (Å²) in [5.41, 5.74) is 11.9. The van der Waals surface area contributed by atoms with E-state index >= 15 is 0 Å². The van der Waals surface area contributed by atoms with E-state index in [0.29, 0.717) is 17.0 Å². The van der Waals surface area contributed by atoms with Crippen LogP contribution in [0.1, 0.15) is 5.56 Å². The molecule has 4 N–H and O–H groups in total. The number of methoxy groups -OCH3 is 1. The molecule has 0 spiro atoms. The molecule has 0 aromatic heterocycles. The van der Waals surface area contributed by atoms with Gasteiger partial charge in [-0.25, -0.2) is 4.39 Å². The summed E-state index contributed by atoms with van der Waals surface area (Å²) in [5.74, 6) is -0.0584. The Hall–Kier alpha value is -1.29. The van der Waals surface area contributed by atoms with Crippen LogP contribution < -0.4 is 16.2 Å². The van der Waals surface area contributed by atoms with Gasteiger partial charge in [0, 0.05) is 12.6 Å². The molecule has 0 amide bonds. The number of rotatable bonds is 2. The maximum Gasteiger partial charge on any atom is 0.144 e. The van der Waals surface area contributed by atoms with E-state index in [2.05, 4.69) is 0 Å². The minimum atomic E-state index is -0.387. The zero-order valence-corrected chi connectivity index (χ0v) is 6.80. The third-order valence-electron chi connectivity index (χ3n) is 1.63. The first-order chi connectivity index (χ1) is 5.69. The maximum atomic E-state index is 12.8. The second kappa shape index (κ2) is 3.40. The second-order valence-corrected chi connectivity index (χ2v) is 2.38. The number of nitrogens with two attached hydrogens (primary N) is 2. The van der Waals surface area contributed by atoms with E-state index in [9.17, 15) is 4.39 Å². The Balaban J connectivity index is 3.22. The Bertz CT molecular complexity index is 263. The molecule has 0 heterocycles. The summed E-state index contributed by atoms with van der Waals surface area (Å²) in [6.45, 7) is 0.208. The van der Waals surface area contributed by atoms with E-state index in [4.69, 9.17) is 16.2 Å². The van der Waals surface area contributed by atoms with Crippen molar-refractivity contribution < 1.29 is 9.13 Å². The molecule has 0 saturated heterocycles. The maximum absolute atomic E-state index is 12.8. The Labute approximate surface area is 70.1 Å². The molecule has 0 unspecified atom stereocenters. The van der Waals surface area contributed by atoms with E-state index in [0.717, 1.165) is 0 Å². The molecular formula is C8H11FN2O. The summed E-state index contributed by atoms with van der Waals surface area (Å²) in [5, 5.41) is 0. The van der Waals surface area contributed by atoms with Crippen LogP contribution in [0.3, 0.4) is 0 Å². The Kier molecular flexibility index (Phi) is 2.50. The summed E-state index contributed by atoms with van der Waals surface area (Å²) in [6.07, 6.45) is 0. The van der Waals surface area contributed by atoms with Gasteiger partial charge in [-0.15, -0.1) is 0 Å². The number of ether oxygens (including phenoxy) is 1. The van der Waals surface area contributed by atoms with Crippen molar-refractivity contribution in [3.05, 3.63) is 23.5 Å². The first-order valence-electron chi connectivity index (χ1n) is 3.51. The fourth-order valence-corrected chi connectivity index (χ4v) is 0.985. The van der Waals surface area contributed by atoms with E-state index in [1.807, 2.05) is 0 Å². The van der Waals surface area contributed by atoms with E-state index in [1.54, 1.807) is 0 Å². The van der Waals surface area contributed by atoms with Gasteiger partial charge in [-0.3, -0.25) is 0 Å². The van der Waals surface area contributed by atoms with Gasteiger partial charge >= 0.3 is 0 Å². The molecule has 0 radical (unpaired) electrons. The minimum Gasteiger partial charge on any atom is -0.494 e. The van der Waals surface area contributed by atoms with Crippen LogP contribution in [0.2, 0.25) is 0 Å². The third kappa shape index (κ3) is 1.48. The van der Waals surface area contributed by atoms with Gasteiger partial charge in [0.15, 0.2) is 0 Å². The first-order valence-corrected chi connectivity index (χ1v) is 3.51. The SMILES string of the molecule is COc1cc(F)cc(CN)c1N. The van der Waals surface area contributed by atoms with Crippen LogP contribution in [-0.2, 0) is 6.54 Å². The van der Waals surface area contributed by atoms with Crippen molar-refractivity contribution in [3.8, 4) is 5.75 Å². The highest BCUT2D eigenvalue weighted by atomic mass is 19.1. The summed E-state index contributed by atoms with van der Waals surface area (Å²) >= 11 is 0. The summed E-state index contributed by atoms with van der Waals surface area (Å²) in [7, 11) is 1.44. The summed E-state index contributed by atoms with van der Waals surface area (Å²) in [6, 6.07) is 2.53. The highest BCUT2D eigenvalue weighted by molar-refractivity contribution is 5.58. The van der Waals surface area contributed by atoms with Crippen molar-refractivity contribution in [2.75, 3.05) is 12.8 Å². The van der Waals surface area contributed by atoms with Crippen molar-refractivity contribution >= 4 is 5.69 Å². The fourth-order valence-electron chi connectivity index (χ4n) is 0.985. The van der Waals surface area contributed by atoms with Gasteiger partial charge in [0.25, 0.3) is 0 Å². The number of nitrogen functional groups attached to an aromatic ring is 1. The standard InChI is InChI=1S/C8H11FN2O/c1-12-7-3-6(9)2-5(4-10)8(7)11/h2-3H,4,10-11H2,1H3. The van der Waals surface area contributed by atoms with Crippen LogP contribution in [-0.4, -0.2) is 7.11 Å². The topological polar surface area (TPSA) is 61.3 Å². The van der Waals surface area contributed by atoms with Gasteiger partial charge in [0.05, 0.1) is 12.8 Å². The monoisotopic (exact) mass is 170 g/mol. The lowest BCUT2D eigenvalue weighted by atomic mass is 10.1. The van der Waals surface area contributed by atoms with Crippen molar-refractivity contribution in [2.45, 2.75) is 6.54 Å². The average molecular weight is 170 g/mol. The molecule has 66 valence electrons. The third-order valence-corrected chi connectivity index (χ3v) is 1.63. The molecule has 0 aliphatic carbocycles. The van der Waals surface area contributed by atoms with Crippen molar-refractivity contribution in [2.24, 2.45) is 5.73 Å². The largest absolute Gasteiger partial charge is 0.494 e. The van der Waals surface area contributed by atoms with Gasteiger partial charge in [-0.2, -0.15) is 0 Å². The molecule has 0 bridgehead atoms. The normalized spacial score (nSPS) is 9.92. The number of hydrogen-bond donors (Lipinski definition) is 2. The van der Waals surface area contributed by atoms with E-state index < -0.39 is 0 Å². The number of benzene rings is 1. The number of hydrogen-bond acceptors (Lipinski definition) is 3. The number of halogens is 1. The smallest absolute Gasteiger partial charge is 0.144 e. The van der Waals surface area contributed by atoms with Crippen molar-refractivity contribution in [3.63, 3.8) is 0 Å². The molecule has 12 heavy (non-hydrogen) atoms. The molecule has 1 rings (SSSR count). The molecule has 0 aliphatic rings. The Morgan fingerprint density at radius 3 is 2.67 bits per heavy atom. The molecule has 0 fully saturated rings. The van der Waals surface area contributed by atoms with Gasteiger partial charge in [-0.05, 0) is 11.6 Å². The molecular weight excluding hydrogens is 159 g/mol. The van der Waals surface area contributed by atoms with E-state index in [-0.39, 0.29) is 12.4 Å². The highest BCUT2D eigenvalue weighted by Crippen LogP contribution is 2.25. The van der Waals surface area contributed by atoms with Gasteiger partial charge in [-0.1, -0.05) is 0 Å². The summed E-state index contributed by atoms with van der Waals surface area (Å²) in [4.78, 5) is 0. The zero-order chi connectivity index (χ0) is 9.14. The fraction of sp³-hybridized carbons (Fsp3) is 0.250. The predicted molar refractivity (Wildman–Crippen MR) is 45.3 cm³/mol. The van der Waals surface area contributed by atoms with Crippen LogP contribution in [0.25, 0.3) is 0 Å². The quantitative estimate of drug-likeness (QED) is 0.647. The van der Waals surface area contributed by atoms with E-state index in [1.165, 1.54) is 19.2 Å².